The number of aromatic nitrogens is 5. The van der Waals surface area contributed by atoms with Crippen molar-refractivity contribution >= 4 is 0 Å². The molecule has 0 aliphatic rings. The van der Waals surface area contributed by atoms with Crippen LogP contribution in [0.1, 0.15) is 11.4 Å². The van der Waals surface area contributed by atoms with Crippen molar-refractivity contribution in [3.63, 3.8) is 0 Å². The van der Waals surface area contributed by atoms with Crippen molar-refractivity contribution in [2.45, 2.75) is 12.7 Å². The average Bonchev–Trinajstić information content (AvgIpc) is 3.39. The van der Waals surface area contributed by atoms with Crippen LogP contribution in [-0.4, -0.2) is 24.8 Å². The van der Waals surface area contributed by atoms with Crippen LogP contribution in [-0.2, 0) is 12.7 Å². The molecule has 0 bridgehead atoms. The Bertz CT molecular complexity index is 1260. The predicted octanol–water partition coefficient (Wildman–Crippen LogP) is 4.89. The maximum atomic E-state index is 14.1. The molecule has 166 valence electrons. The zero-order chi connectivity index (χ0) is 23.2. The van der Waals surface area contributed by atoms with Crippen molar-refractivity contribution in [2.75, 3.05) is 0 Å². The molecule has 0 aliphatic carbocycles. The minimum absolute atomic E-state index is 0.360. The highest BCUT2D eigenvalue weighted by molar-refractivity contribution is 5.57. The van der Waals surface area contributed by atoms with Gasteiger partial charge in [-0.15, -0.1) is 5.10 Å². The molecule has 5 nitrogen and oxygen atoms in total. The first-order valence-electron chi connectivity index (χ1n) is 8.71. The summed E-state index contributed by atoms with van der Waals surface area (Å²) in [6, 6.07) is 9.08. The number of alkyl halides is 3. The summed E-state index contributed by atoms with van der Waals surface area (Å²) in [7, 11) is 0. The zero-order valence-electron chi connectivity index (χ0n) is 15.5. The van der Waals surface area contributed by atoms with Crippen molar-refractivity contribution in [1.29, 1.82) is 0 Å². The molecule has 0 N–H and O–H groups in total. The quantitative estimate of drug-likeness (QED) is 0.248. The molecule has 0 radical (unpaired) electrons. The van der Waals surface area contributed by atoms with Gasteiger partial charge in [-0.2, -0.15) is 18.3 Å². The molecule has 13 heteroatoms. The van der Waals surface area contributed by atoms with Crippen LogP contribution in [0.4, 0.5) is 35.1 Å². The molecule has 0 unspecified atom stereocenters. The fourth-order valence-electron chi connectivity index (χ4n) is 2.94. The molecule has 0 saturated heterocycles. The van der Waals surface area contributed by atoms with Gasteiger partial charge in [-0.1, -0.05) is 35.5 Å². The summed E-state index contributed by atoms with van der Waals surface area (Å²) < 4.78 is 110. The monoisotopic (exact) mass is 459 g/mol. The minimum atomic E-state index is -5.22. The van der Waals surface area contributed by atoms with Gasteiger partial charge in [0.05, 0.1) is 18.4 Å². The van der Waals surface area contributed by atoms with Gasteiger partial charge in [-0.05, 0) is 6.07 Å². The summed E-state index contributed by atoms with van der Waals surface area (Å²) in [6.07, 6.45) is -3.83. The van der Waals surface area contributed by atoms with Gasteiger partial charge >= 0.3 is 6.18 Å². The molecule has 4 rings (SSSR count). The van der Waals surface area contributed by atoms with Gasteiger partial charge in [0.15, 0.2) is 23.3 Å². The van der Waals surface area contributed by atoms with E-state index in [2.05, 4.69) is 15.4 Å². The predicted molar refractivity (Wildman–Crippen MR) is 92.9 cm³/mol. The van der Waals surface area contributed by atoms with Crippen LogP contribution in [0, 0.1) is 29.1 Å². The van der Waals surface area contributed by atoms with Gasteiger partial charge in [-0.25, -0.2) is 31.3 Å². The van der Waals surface area contributed by atoms with E-state index in [0.29, 0.717) is 17.3 Å². The average molecular weight is 459 g/mol. The van der Waals surface area contributed by atoms with Gasteiger partial charge in [-0.3, -0.25) is 0 Å². The van der Waals surface area contributed by atoms with Crippen LogP contribution in [0.25, 0.3) is 16.9 Å². The SMILES string of the molecule is Fc1c(F)c(F)c(-n2nc(Cn3cc(-c4ccccc4)nn3)cc2C(F)(F)F)c(F)c1F. The van der Waals surface area contributed by atoms with Crippen LogP contribution >= 0.6 is 0 Å². The lowest BCUT2D eigenvalue weighted by Crippen LogP contribution is -2.18. The standard InChI is InChI=1S/C19H9F8N5/c20-13-14(21)16(23)18(17(24)15(13)22)32-12(19(25,26)27)6-10(29-32)7-31-8-11(28-30-31)9-4-2-1-3-5-9/h1-6,8H,7H2. The van der Waals surface area contributed by atoms with Gasteiger partial charge in [0.25, 0.3) is 0 Å². The highest BCUT2D eigenvalue weighted by Gasteiger charge is 2.39. The molecule has 0 atom stereocenters. The Balaban J connectivity index is 1.78. The molecule has 32 heavy (non-hydrogen) atoms. The zero-order valence-corrected chi connectivity index (χ0v) is 15.5. The first-order valence-corrected chi connectivity index (χ1v) is 8.71. The van der Waals surface area contributed by atoms with E-state index in [9.17, 15) is 35.1 Å². The van der Waals surface area contributed by atoms with E-state index >= 15 is 0 Å². The van der Waals surface area contributed by atoms with Crippen molar-refractivity contribution in [3.05, 3.63) is 83.1 Å². The lowest BCUT2D eigenvalue weighted by molar-refractivity contribution is -0.142. The summed E-state index contributed by atoms with van der Waals surface area (Å²) in [5, 5.41) is 11.1. The molecule has 0 aliphatic heterocycles. The van der Waals surface area contributed by atoms with Crippen LogP contribution in [0.5, 0.6) is 0 Å². The Hall–Kier alpha value is -3.77. The van der Waals surface area contributed by atoms with E-state index in [1.165, 1.54) is 6.20 Å². The van der Waals surface area contributed by atoms with Gasteiger partial charge < -0.3 is 0 Å². The van der Waals surface area contributed by atoms with E-state index in [-0.39, 0.29) is 4.68 Å². The molecule has 0 spiro atoms. The summed E-state index contributed by atoms with van der Waals surface area (Å²) in [5.41, 5.74) is -2.93. The van der Waals surface area contributed by atoms with Crippen molar-refractivity contribution in [1.82, 2.24) is 24.8 Å². The van der Waals surface area contributed by atoms with Crippen LogP contribution in [0.15, 0.2) is 42.6 Å². The number of hydrogen-bond donors (Lipinski definition) is 0. The van der Waals surface area contributed by atoms with Crippen LogP contribution < -0.4 is 0 Å². The summed E-state index contributed by atoms with van der Waals surface area (Å²) in [4.78, 5) is 0. The minimum Gasteiger partial charge on any atom is -0.246 e. The Labute approximate surface area is 173 Å². The third-order valence-corrected chi connectivity index (χ3v) is 4.38. The Morgan fingerprint density at radius 1 is 0.812 bits per heavy atom. The number of nitrogens with zero attached hydrogens (tertiary/aromatic N) is 5. The molecule has 0 fully saturated rings. The van der Waals surface area contributed by atoms with Crippen LogP contribution in [0.3, 0.4) is 0 Å². The second-order valence-electron chi connectivity index (χ2n) is 6.52. The Morgan fingerprint density at radius 2 is 1.41 bits per heavy atom. The topological polar surface area (TPSA) is 48.5 Å². The number of halogens is 8. The first kappa shape index (κ1) is 21.5. The molecular weight excluding hydrogens is 450 g/mol. The lowest BCUT2D eigenvalue weighted by Gasteiger charge is -2.13. The molecule has 0 saturated carbocycles. The summed E-state index contributed by atoms with van der Waals surface area (Å²) >= 11 is 0. The molecule has 2 aromatic heterocycles. The highest BCUT2D eigenvalue weighted by atomic mass is 19.4. The van der Waals surface area contributed by atoms with E-state index in [1.807, 2.05) is 0 Å². The van der Waals surface area contributed by atoms with Crippen molar-refractivity contribution in [3.8, 4) is 16.9 Å². The van der Waals surface area contributed by atoms with E-state index in [1.54, 1.807) is 30.3 Å². The second kappa shape index (κ2) is 7.73. The smallest absolute Gasteiger partial charge is 0.246 e. The maximum absolute atomic E-state index is 14.1. The van der Waals surface area contributed by atoms with Gasteiger partial charge in [0, 0.05) is 5.56 Å². The summed E-state index contributed by atoms with van der Waals surface area (Å²) in [6.45, 7) is -0.425. The van der Waals surface area contributed by atoms with Crippen molar-refractivity contribution < 1.29 is 35.1 Å². The largest absolute Gasteiger partial charge is 0.433 e. The fraction of sp³-hybridized carbons (Fsp3) is 0.105. The van der Waals surface area contributed by atoms with Gasteiger partial charge in [0.2, 0.25) is 5.82 Å². The van der Waals surface area contributed by atoms with Crippen molar-refractivity contribution in [2.24, 2.45) is 0 Å². The number of hydrogen-bond acceptors (Lipinski definition) is 3. The maximum Gasteiger partial charge on any atom is 0.433 e. The normalized spacial score (nSPS) is 11.9. The fourth-order valence-corrected chi connectivity index (χ4v) is 2.94. The molecular formula is C19H9F8N5. The molecule has 4 aromatic rings. The number of rotatable bonds is 4. The summed E-state index contributed by atoms with van der Waals surface area (Å²) in [5.74, 6) is -12.2. The Kier molecular flexibility index (Phi) is 5.18. The molecule has 2 aromatic carbocycles. The highest BCUT2D eigenvalue weighted by Crippen LogP contribution is 2.34. The van der Waals surface area contributed by atoms with E-state index in [4.69, 9.17) is 0 Å². The first-order chi connectivity index (χ1) is 15.1. The molecule has 2 heterocycles. The number of benzene rings is 2. The Morgan fingerprint density at radius 3 is 2.00 bits per heavy atom. The van der Waals surface area contributed by atoms with Crippen LogP contribution in [0.2, 0.25) is 0 Å². The van der Waals surface area contributed by atoms with E-state index < -0.39 is 58.9 Å². The molecule has 0 amide bonds. The van der Waals surface area contributed by atoms with E-state index in [0.717, 1.165) is 4.68 Å². The second-order valence-corrected chi connectivity index (χ2v) is 6.52. The lowest BCUT2D eigenvalue weighted by atomic mass is 10.2. The third-order valence-electron chi connectivity index (χ3n) is 4.38. The van der Waals surface area contributed by atoms with Gasteiger partial charge in [0.1, 0.15) is 17.1 Å². The third kappa shape index (κ3) is 3.69.